The van der Waals surface area contributed by atoms with Crippen LogP contribution in [0.1, 0.15) is 54.4 Å². The van der Waals surface area contributed by atoms with Gasteiger partial charge in [0.1, 0.15) is 0 Å². The largest absolute Gasteiger partial charge is 0.481 e. The minimum Gasteiger partial charge on any atom is -0.481 e. The topological polar surface area (TPSA) is 37.3 Å². The summed E-state index contributed by atoms with van der Waals surface area (Å²) in [5.41, 5.74) is 0. The number of rotatable bonds is 5. The first-order valence-corrected chi connectivity index (χ1v) is 2.59. The van der Waals surface area contributed by atoms with Gasteiger partial charge >= 0.3 is 5.97 Å². The summed E-state index contributed by atoms with van der Waals surface area (Å²) in [5.74, 6) is -5.84. The lowest BCUT2D eigenvalue weighted by Gasteiger charge is -2.07. The Morgan fingerprint density at radius 2 is 2.20 bits per heavy atom. The molecule has 0 atom stereocenters. The number of hydrogen-bond acceptors (Lipinski definition) is 1. The Bertz CT molecular complexity index is 366. The summed E-state index contributed by atoms with van der Waals surface area (Å²) in [7, 11) is 0. The van der Waals surface area contributed by atoms with Crippen molar-refractivity contribution >= 4 is 5.97 Å². The van der Waals surface area contributed by atoms with Crippen LogP contribution in [0.3, 0.4) is 0 Å². The molecule has 0 saturated carbocycles. The Morgan fingerprint density at radius 3 is 2.50 bits per heavy atom. The predicted molar refractivity (Wildman–Crippen MR) is 40.9 cm³/mol. The summed E-state index contributed by atoms with van der Waals surface area (Å²) in [6, 6.07) is 0. The molecule has 0 aliphatic heterocycles. The van der Waals surface area contributed by atoms with Crippen molar-refractivity contribution in [3.8, 4) is 0 Å². The summed E-state index contributed by atoms with van der Waals surface area (Å²) in [6.45, 7) is -5.89. The minimum atomic E-state index is -3.58. The van der Waals surface area contributed by atoms with Crippen molar-refractivity contribution in [3.05, 3.63) is 0 Å². The van der Waals surface area contributed by atoms with Crippen molar-refractivity contribution in [2.75, 3.05) is 0 Å². The Hall–Kier alpha value is -0.530. The Balaban J connectivity index is 5.89. The van der Waals surface area contributed by atoms with Gasteiger partial charge in [0.15, 0.2) is 0 Å². The third-order valence-electron chi connectivity index (χ3n) is 0.744. The van der Waals surface area contributed by atoms with E-state index in [1.165, 1.54) is 0 Å². The van der Waals surface area contributed by atoms with Crippen molar-refractivity contribution in [1.82, 2.24) is 0 Å². The van der Waals surface area contributed by atoms with Crippen molar-refractivity contribution < 1.29 is 25.0 Å². The normalized spacial score (nSPS) is 33.0. The summed E-state index contributed by atoms with van der Waals surface area (Å²) in [4.78, 5) is 11.3. The molecule has 2 nitrogen and oxygen atoms in total. The first kappa shape index (κ1) is 1.79. The van der Waals surface area contributed by atoms with E-state index in [2.05, 4.69) is 0 Å². The van der Waals surface area contributed by atoms with Gasteiger partial charge in [-0.05, 0) is 12.7 Å². The van der Waals surface area contributed by atoms with Crippen molar-refractivity contribution in [3.63, 3.8) is 0 Å². The molecule has 0 rings (SSSR count). The molecule has 0 radical (unpaired) electrons. The van der Waals surface area contributed by atoms with Crippen LogP contribution in [0.4, 0.5) is 0 Å². The highest BCUT2D eigenvalue weighted by atomic mass is 16.4. The quantitative estimate of drug-likeness (QED) is 0.661. The lowest BCUT2D eigenvalue weighted by molar-refractivity contribution is -0.142. The molecule has 0 aromatic heterocycles. The van der Waals surface area contributed by atoms with Crippen LogP contribution >= 0.6 is 0 Å². The lowest BCUT2D eigenvalue weighted by Crippen LogP contribution is -2.12. The van der Waals surface area contributed by atoms with Crippen LogP contribution in [-0.4, -0.2) is 11.1 Å². The fourth-order valence-corrected chi connectivity index (χ4v) is 0.391. The van der Waals surface area contributed by atoms with E-state index in [0.29, 0.717) is 0 Å². The molecular weight excluding hydrogens is 128 g/mol. The molecule has 0 heterocycles. The van der Waals surface area contributed by atoms with Gasteiger partial charge in [-0.1, -0.05) is 26.5 Å². The van der Waals surface area contributed by atoms with Gasteiger partial charge in [-0.3, -0.25) is 4.79 Å². The van der Waals surface area contributed by atoms with Gasteiger partial charge < -0.3 is 5.11 Å². The summed E-state index contributed by atoms with van der Waals surface area (Å²) < 4.78 is 79.7. The minimum absolute atomic E-state index is 1.39. The number of carboxylic acids is 1. The number of hydrogen-bond donors (Lipinski definition) is 1. The predicted octanol–water partition coefficient (Wildman–Crippen LogP) is 2.29. The van der Waals surface area contributed by atoms with Crippen LogP contribution in [0, 0.1) is 5.89 Å². The number of aliphatic carboxylic acids is 1. The van der Waals surface area contributed by atoms with Crippen LogP contribution in [0.5, 0.6) is 0 Å². The molecule has 60 valence electrons. The maximum absolute atomic E-state index is 11.3. The van der Waals surface area contributed by atoms with Gasteiger partial charge in [0.25, 0.3) is 0 Å². The molecule has 10 heavy (non-hydrogen) atoms. The molecule has 0 aromatic rings. The second kappa shape index (κ2) is 5.27. The van der Waals surface area contributed by atoms with E-state index in [4.69, 9.17) is 20.2 Å². The van der Waals surface area contributed by atoms with Crippen molar-refractivity contribution in [2.45, 2.75) is 39.3 Å². The fourth-order valence-electron chi connectivity index (χ4n) is 0.391. The van der Waals surface area contributed by atoms with Crippen molar-refractivity contribution in [2.24, 2.45) is 5.89 Å². The zero-order valence-electron chi connectivity index (χ0n) is 16.3. The molecule has 0 aromatic carbocycles. The SMILES string of the molecule is [2H]C([2H])([2H])CC([2H])([2H])C([2H])(C(=O)O)C([2H])([2H])CC([2H])([2H])[2H]. The molecule has 0 unspecified atom stereocenters. The highest BCUT2D eigenvalue weighted by molar-refractivity contribution is 5.69. The van der Waals surface area contributed by atoms with Crippen LogP contribution < -0.4 is 0 Å². The maximum atomic E-state index is 11.3. The standard InChI is InChI=1S/C8H16O2/c1-3-5-7(6-4-2)8(9)10/h7H,3-6H2,1-2H3,(H,9,10)/i1D3,2D3,5D2,6D2,7D. The molecule has 0 saturated heterocycles. The van der Waals surface area contributed by atoms with Gasteiger partial charge in [-0.15, -0.1) is 0 Å². The van der Waals surface area contributed by atoms with E-state index in [1.54, 1.807) is 0 Å². The summed E-state index contributed by atoms with van der Waals surface area (Å²) in [6.07, 6.45) is -9.40. The van der Waals surface area contributed by atoms with Crippen LogP contribution in [0.2, 0.25) is 0 Å². The fraction of sp³-hybridized carbons (Fsp3) is 0.875. The Morgan fingerprint density at radius 1 is 1.70 bits per heavy atom. The monoisotopic (exact) mass is 155 g/mol. The first-order chi connectivity index (χ1) is 8.86. The second-order valence-corrected chi connectivity index (χ2v) is 1.39. The van der Waals surface area contributed by atoms with E-state index in [-0.39, 0.29) is 0 Å². The Labute approximate surface area is 77.7 Å². The smallest absolute Gasteiger partial charge is 0.306 e. The molecular formula is C8H16O2. The highest BCUT2D eigenvalue weighted by Crippen LogP contribution is 2.12. The van der Waals surface area contributed by atoms with E-state index < -0.39 is 51.2 Å². The van der Waals surface area contributed by atoms with Gasteiger partial charge in [0.2, 0.25) is 0 Å². The van der Waals surface area contributed by atoms with E-state index >= 15 is 0 Å². The lowest BCUT2D eigenvalue weighted by atomic mass is 9.99. The molecule has 0 amide bonds. The maximum Gasteiger partial charge on any atom is 0.306 e. The zero-order chi connectivity index (χ0) is 17.5. The summed E-state index contributed by atoms with van der Waals surface area (Å²) >= 11 is 0. The number of carbonyl (C=O) groups is 1. The molecule has 0 aliphatic carbocycles. The highest BCUT2D eigenvalue weighted by Gasteiger charge is 2.13. The van der Waals surface area contributed by atoms with Crippen LogP contribution in [-0.2, 0) is 4.79 Å². The van der Waals surface area contributed by atoms with Crippen molar-refractivity contribution in [1.29, 1.82) is 0 Å². The molecule has 2 heteroatoms. The molecule has 0 aliphatic rings. The van der Waals surface area contributed by atoms with Crippen LogP contribution in [0.25, 0.3) is 0 Å². The van der Waals surface area contributed by atoms with Gasteiger partial charge in [-0.25, -0.2) is 0 Å². The Kier molecular flexibility index (Phi) is 0.945. The van der Waals surface area contributed by atoms with E-state index in [9.17, 15) is 4.79 Å². The number of carboxylic acid groups (broad SMARTS) is 1. The van der Waals surface area contributed by atoms with Gasteiger partial charge in [-0.2, -0.15) is 0 Å². The van der Waals surface area contributed by atoms with E-state index in [1.807, 2.05) is 0 Å². The summed E-state index contributed by atoms with van der Waals surface area (Å²) in [5, 5.41) is 9.06. The third-order valence-corrected chi connectivity index (χ3v) is 0.744. The molecule has 1 N–H and O–H groups in total. The molecule has 0 bridgehead atoms. The van der Waals surface area contributed by atoms with Gasteiger partial charge in [0, 0.05) is 15.1 Å². The molecule has 0 spiro atoms. The zero-order valence-corrected chi connectivity index (χ0v) is 5.27. The first-order valence-electron chi connectivity index (χ1n) is 8.09. The van der Waals surface area contributed by atoms with E-state index in [0.717, 1.165) is 0 Å². The molecule has 0 fully saturated rings. The van der Waals surface area contributed by atoms with Gasteiger partial charge in [0.05, 0.1) is 5.89 Å². The van der Waals surface area contributed by atoms with Crippen LogP contribution in [0.15, 0.2) is 0 Å². The average Bonchev–Trinajstić information content (AvgIpc) is 2.06. The second-order valence-electron chi connectivity index (χ2n) is 1.39. The third kappa shape index (κ3) is 3.49. The average molecular weight is 155 g/mol.